The maximum absolute atomic E-state index is 10.4. The standard InChI is InChI=1S/C15H21N3O4S/c1-21-14-8-11-12(6-4-3-5-7-18-23(19)20)16-10-17-13(11)9-15(14)22-2/h8-10,23H,3-7H2,1-2H3,(H,18,19,20). The molecule has 0 unspecified atom stereocenters. The molecular weight excluding hydrogens is 318 g/mol. The smallest absolute Gasteiger partial charge is 0.201 e. The Labute approximate surface area is 137 Å². The van der Waals surface area contributed by atoms with Gasteiger partial charge in [0.05, 0.1) is 25.4 Å². The number of methoxy groups -OCH3 is 2. The maximum atomic E-state index is 10.4. The number of fused-ring (bicyclic) bond motifs is 1. The number of ether oxygens (including phenoxy) is 2. The zero-order valence-electron chi connectivity index (χ0n) is 13.2. The summed E-state index contributed by atoms with van der Waals surface area (Å²) in [6, 6.07) is 3.74. The number of rotatable bonds is 9. The molecule has 0 saturated carbocycles. The number of benzene rings is 1. The van der Waals surface area contributed by atoms with E-state index in [1.807, 2.05) is 12.1 Å². The lowest BCUT2D eigenvalue weighted by atomic mass is 10.1. The summed E-state index contributed by atoms with van der Waals surface area (Å²) in [6.07, 6.45) is 5.02. The van der Waals surface area contributed by atoms with Crippen molar-refractivity contribution in [2.24, 2.45) is 0 Å². The number of nitrogens with one attached hydrogen (secondary N) is 1. The lowest BCUT2D eigenvalue weighted by Crippen LogP contribution is -2.12. The molecule has 1 aromatic heterocycles. The predicted octanol–water partition coefficient (Wildman–Crippen LogP) is 1.48. The molecule has 7 nitrogen and oxygen atoms in total. The minimum atomic E-state index is -2.50. The molecule has 0 radical (unpaired) electrons. The van der Waals surface area contributed by atoms with Crippen molar-refractivity contribution < 1.29 is 17.9 Å². The van der Waals surface area contributed by atoms with E-state index >= 15 is 0 Å². The molecule has 1 aromatic carbocycles. The average Bonchev–Trinajstić information content (AvgIpc) is 2.56. The van der Waals surface area contributed by atoms with E-state index in [2.05, 4.69) is 14.7 Å². The van der Waals surface area contributed by atoms with Crippen molar-refractivity contribution in [3.8, 4) is 11.5 Å². The van der Waals surface area contributed by atoms with Crippen LogP contribution in [0.3, 0.4) is 0 Å². The van der Waals surface area contributed by atoms with Crippen molar-refractivity contribution in [2.75, 3.05) is 20.8 Å². The summed E-state index contributed by atoms with van der Waals surface area (Å²) >= 11 is 0. The number of aromatic nitrogens is 2. The molecule has 23 heavy (non-hydrogen) atoms. The molecule has 0 saturated heterocycles. The molecule has 2 rings (SSSR count). The molecule has 8 heteroatoms. The summed E-state index contributed by atoms with van der Waals surface area (Å²) in [4.78, 5) is 8.64. The lowest BCUT2D eigenvalue weighted by molar-refractivity contribution is 0.355. The summed E-state index contributed by atoms with van der Waals surface area (Å²) < 4.78 is 33.8. The van der Waals surface area contributed by atoms with Crippen LogP contribution < -0.4 is 14.2 Å². The fraction of sp³-hybridized carbons (Fsp3) is 0.467. The highest BCUT2D eigenvalue weighted by molar-refractivity contribution is 7.70. The van der Waals surface area contributed by atoms with Crippen molar-refractivity contribution in [1.82, 2.24) is 14.7 Å². The molecule has 1 heterocycles. The second-order valence-electron chi connectivity index (χ2n) is 5.02. The quantitative estimate of drug-likeness (QED) is 0.531. The van der Waals surface area contributed by atoms with Gasteiger partial charge in [-0.2, -0.15) is 0 Å². The molecule has 126 valence electrons. The Morgan fingerprint density at radius 1 is 1.04 bits per heavy atom. The van der Waals surface area contributed by atoms with Crippen molar-refractivity contribution in [3.05, 3.63) is 24.2 Å². The van der Waals surface area contributed by atoms with E-state index < -0.39 is 10.9 Å². The Morgan fingerprint density at radius 2 is 1.78 bits per heavy atom. The third-order valence-electron chi connectivity index (χ3n) is 3.55. The Kier molecular flexibility index (Phi) is 6.54. The monoisotopic (exact) mass is 339 g/mol. The molecule has 2 aromatic rings. The second kappa shape index (κ2) is 8.64. The van der Waals surface area contributed by atoms with Crippen LogP contribution in [0.25, 0.3) is 10.9 Å². The van der Waals surface area contributed by atoms with Crippen LogP contribution in [-0.2, 0) is 17.3 Å². The van der Waals surface area contributed by atoms with Gasteiger partial charge >= 0.3 is 0 Å². The van der Waals surface area contributed by atoms with Crippen LogP contribution in [0.2, 0.25) is 0 Å². The number of aryl methyl sites for hydroxylation is 1. The molecule has 0 aliphatic rings. The number of nitrogens with zero attached hydrogens (tertiary/aromatic N) is 2. The van der Waals surface area contributed by atoms with Crippen LogP contribution in [0.4, 0.5) is 0 Å². The van der Waals surface area contributed by atoms with E-state index in [9.17, 15) is 8.42 Å². The van der Waals surface area contributed by atoms with Crippen LogP contribution in [0.1, 0.15) is 25.0 Å². The maximum Gasteiger partial charge on any atom is 0.201 e. The van der Waals surface area contributed by atoms with Gasteiger partial charge in [0, 0.05) is 18.0 Å². The second-order valence-corrected chi connectivity index (χ2v) is 5.85. The third kappa shape index (κ3) is 4.77. The molecule has 0 fully saturated rings. The van der Waals surface area contributed by atoms with E-state index in [0.717, 1.165) is 42.3 Å². The van der Waals surface area contributed by atoms with Crippen molar-refractivity contribution in [1.29, 1.82) is 0 Å². The van der Waals surface area contributed by atoms with E-state index in [4.69, 9.17) is 9.47 Å². The van der Waals surface area contributed by atoms with Crippen LogP contribution in [-0.4, -0.2) is 39.2 Å². The Morgan fingerprint density at radius 3 is 2.48 bits per heavy atom. The Balaban J connectivity index is 2.05. The highest BCUT2D eigenvalue weighted by atomic mass is 32.2. The first kappa shape index (κ1) is 17.4. The Bertz CT molecular complexity index is 726. The molecule has 0 aliphatic carbocycles. The topological polar surface area (TPSA) is 90.4 Å². The third-order valence-corrected chi connectivity index (χ3v) is 4.04. The SMILES string of the molecule is COc1cc2ncnc(CCCCCN[SH](=O)=O)c2cc1OC. The predicted molar refractivity (Wildman–Crippen MR) is 88.5 cm³/mol. The first-order chi connectivity index (χ1) is 11.2. The molecule has 0 atom stereocenters. The van der Waals surface area contributed by atoms with Crippen LogP contribution in [0, 0.1) is 0 Å². The molecule has 0 bridgehead atoms. The fourth-order valence-corrected chi connectivity index (χ4v) is 2.74. The van der Waals surface area contributed by atoms with Gasteiger partial charge in [0.2, 0.25) is 10.9 Å². The number of hydrogen-bond donors (Lipinski definition) is 2. The largest absolute Gasteiger partial charge is 0.493 e. The summed E-state index contributed by atoms with van der Waals surface area (Å²) in [5, 5.41) is 0.950. The first-order valence-electron chi connectivity index (χ1n) is 7.39. The number of hydrogen-bond acceptors (Lipinski definition) is 6. The van der Waals surface area contributed by atoms with Crippen molar-refractivity contribution in [3.63, 3.8) is 0 Å². The molecule has 0 spiro atoms. The van der Waals surface area contributed by atoms with Gasteiger partial charge in [-0.3, -0.25) is 0 Å². The van der Waals surface area contributed by atoms with Gasteiger partial charge in [0.15, 0.2) is 11.5 Å². The Hall–Kier alpha value is -1.93. The normalized spacial score (nSPS) is 11.1. The number of thiol groups is 1. The van der Waals surface area contributed by atoms with E-state index in [0.29, 0.717) is 18.0 Å². The van der Waals surface area contributed by atoms with Crippen LogP contribution in [0.5, 0.6) is 11.5 Å². The van der Waals surface area contributed by atoms with Crippen LogP contribution >= 0.6 is 0 Å². The van der Waals surface area contributed by atoms with Gasteiger partial charge in [0.1, 0.15) is 6.33 Å². The zero-order chi connectivity index (χ0) is 16.7. The summed E-state index contributed by atoms with van der Waals surface area (Å²) in [7, 11) is 0.695. The molecular formula is C15H21N3O4S. The fourth-order valence-electron chi connectivity index (χ4n) is 2.40. The summed E-state index contributed by atoms with van der Waals surface area (Å²) in [6.45, 7) is 0.480. The highest BCUT2D eigenvalue weighted by Gasteiger charge is 2.10. The highest BCUT2D eigenvalue weighted by Crippen LogP contribution is 2.32. The van der Waals surface area contributed by atoms with Gasteiger partial charge in [-0.1, -0.05) is 6.42 Å². The van der Waals surface area contributed by atoms with Gasteiger partial charge in [-0.05, 0) is 25.3 Å². The van der Waals surface area contributed by atoms with Crippen molar-refractivity contribution in [2.45, 2.75) is 25.7 Å². The van der Waals surface area contributed by atoms with Gasteiger partial charge in [-0.25, -0.2) is 23.1 Å². The van der Waals surface area contributed by atoms with Crippen LogP contribution in [0.15, 0.2) is 18.5 Å². The van der Waals surface area contributed by atoms with E-state index in [1.165, 1.54) is 0 Å². The number of unbranched alkanes of at least 4 members (excludes halogenated alkanes) is 2. The van der Waals surface area contributed by atoms with E-state index in [1.54, 1.807) is 20.5 Å². The minimum Gasteiger partial charge on any atom is -0.493 e. The summed E-state index contributed by atoms with van der Waals surface area (Å²) in [5.74, 6) is 1.29. The van der Waals surface area contributed by atoms with Gasteiger partial charge < -0.3 is 9.47 Å². The van der Waals surface area contributed by atoms with Crippen molar-refractivity contribution >= 4 is 21.8 Å². The minimum absolute atomic E-state index is 0.480. The van der Waals surface area contributed by atoms with Gasteiger partial charge in [0.25, 0.3) is 0 Å². The molecule has 1 N–H and O–H groups in total. The van der Waals surface area contributed by atoms with Gasteiger partial charge in [-0.15, -0.1) is 0 Å². The zero-order valence-corrected chi connectivity index (χ0v) is 14.1. The first-order valence-corrected chi connectivity index (χ1v) is 8.57. The van der Waals surface area contributed by atoms with E-state index in [-0.39, 0.29) is 0 Å². The lowest BCUT2D eigenvalue weighted by Gasteiger charge is -2.10. The molecule has 0 amide bonds. The average molecular weight is 339 g/mol. The summed E-state index contributed by atoms with van der Waals surface area (Å²) in [5.41, 5.74) is 1.77. The molecule has 0 aliphatic heterocycles.